The van der Waals surface area contributed by atoms with Gasteiger partial charge < -0.3 is 4.84 Å². The Labute approximate surface area is 91.3 Å². The van der Waals surface area contributed by atoms with Crippen LogP contribution in [0, 0.1) is 19.7 Å². The van der Waals surface area contributed by atoms with Gasteiger partial charge in [0.1, 0.15) is 5.82 Å². The Bertz CT molecular complexity index is 315. The molecule has 0 fully saturated rings. The molecule has 0 radical (unpaired) electrons. The van der Waals surface area contributed by atoms with E-state index in [1.807, 2.05) is 6.92 Å². The van der Waals surface area contributed by atoms with Crippen molar-refractivity contribution >= 4 is 15.9 Å². The zero-order valence-electron chi connectivity index (χ0n) is 8.23. The first-order valence-corrected chi connectivity index (χ1v) is 5.13. The topological polar surface area (TPSA) is 35.2 Å². The van der Waals surface area contributed by atoms with Gasteiger partial charge in [-0.15, -0.1) is 0 Å². The summed E-state index contributed by atoms with van der Waals surface area (Å²) >= 11 is 3.38. The molecule has 0 atom stereocenters. The van der Waals surface area contributed by atoms with E-state index in [1.54, 1.807) is 13.0 Å². The molecule has 0 amide bonds. The van der Waals surface area contributed by atoms with Crippen molar-refractivity contribution in [3.05, 3.63) is 33.0 Å². The summed E-state index contributed by atoms with van der Waals surface area (Å²) in [5, 5.41) is 0. The smallest absolute Gasteiger partial charge is 0.129 e. The van der Waals surface area contributed by atoms with Gasteiger partial charge >= 0.3 is 0 Å². The van der Waals surface area contributed by atoms with Gasteiger partial charge in [0.25, 0.3) is 0 Å². The molecule has 0 spiro atoms. The van der Waals surface area contributed by atoms with E-state index in [0.29, 0.717) is 24.2 Å². The largest absolute Gasteiger partial charge is 0.304 e. The molecule has 4 heteroatoms. The Kier molecular flexibility index (Phi) is 4.04. The minimum absolute atomic E-state index is 0.164. The first-order chi connectivity index (χ1) is 6.57. The monoisotopic (exact) mass is 261 g/mol. The summed E-state index contributed by atoms with van der Waals surface area (Å²) < 4.78 is 14.6. The highest BCUT2D eigenvalue weighted by molar-refractivity contribution is 9.10. The molecular formula is C10H13BrFNO. The second kappa shape index (κ2) is 4.87. The summed E-state index contributed by atoms with van der Waals surface area (Å²) in [7, 11) is 0. The molecule has 2 nitrogen and oxygen atoms in total. The summed E-state index contributed by atoms with van der Waals surface area (Å²) in [5.74, 6) is 4.75. The van der Waals surface area contributed by atoms with Gasteiger partial charge in [0.15, 0.2) is 0 Å². The predicted octanol–water partition coefficient (Wildman–Crippen LogP) is 2.64. The van der Waals surface area contributed by atoms with Crippen molar-refractivity contribution in [2.75, 3.05) is 6.61 Å². The maximum absolute atomic E-state index is 13.6. The van der Waals surface area contributed by atoms with E-state index in [1.165, 1.54) is 0 Å². The molecular weight excluding hydrogens is 249 g/mol. The van der Waals surface area contributed by atoms with Crippen molar-refractivity contribution in [2.24, 2.45) is 5.90 Å². The second-order valence-electron chi connectivity index (χ2n) is 3.21. The van der Waals surface area contributed by atoms with Gasteiger partial charge in [-0.2, -0.15) is 0 Å². The van der Waals surface area contributed by atoms with E-state index in [9.17, 15) is 4.39 Å². The molecule has 2 N–H and O–H groups in total. The molecule has 0 aliphatic rings. The van der Waals surface area contributed by atoms with Crippen LogP contribution in [0.5, 0.6) is 0 Å². The fraction of sp³-hybridized carbons (Fsp3) is 0.400. The molecule has 1 rings (SSSR count). The fourth-order valence-corrected chi connectivity index (χ4v) is 1.95. The normalized spacial score (nSPS) is 10.6. The highest BCUT2D eigenvalue weighted by Gasteiger charge is 2.11. The van der Waals surface area contributed by atoms with Crippen molar-refractivity contribution in [2.45, 2.75) is 20.3 Å². The minimum Gasteiger partial charge on any atom is -0.304 e. The highest BCUT2D eigenvalue weighted by atomic mass is 79.9. The van der Waals surface area contributed by atoms with Crippen molar-refractivity contribution in [3.8, 4) is 0 Å². The van der Waals surface area contributed by atoms with Crippen LogP contribution in [0.2, 0.25) is 0 Å². The number of halogens is 2. The molecule has 0 aromatic heterocycles. The lowest BCUT2D eigenvalue weighted by molar-refractivity contribution is 0.140. The van der Waals surface area contributed by atoms with E-state index < -0.39 is 0 Å². The Balaban J connectivity index is 3.11. The van der Waals surface area contributed by atoms with Gasteiger partial charge in [-0.25, -0.2) is 10.3 Å². The number of aryl methyl sites for hydroxylation is 1. The van der Waals surface area contributed by atoms with Crippen LogP contribution in [-0.2, 0) is 11.3 Å². The number of benzene rings is 1. The average Bonchev–Trinajstić information content (AvgIpc) is 2.15. The summed E-state index contributed by atoms with van der Waals surface area (Å²) in [6.45, 7) is 3.94. The zero-order chi connectivity index (χ0) is 10.7. The molecule has 0 bridgehead atoms. The van der Waals surface area contributed by atoms with E-state index in [0.717, 1.165) is 10.0 Å². The SMILES string of the molecule is Cc1cc(Br)c(C)c(CCON)c1F. The van der Waals surface area contributed by atoms with Crippen LogP contribution in [-0.4, -0.2) is 6.61 Å². The third-order valence-electron chi connectivity index (χ3n) is 2.24. The third kappa shape index (κ3) is 2.32. The minimum atomic E-state index is -0.164. The summed E-state index contributed by atoms with van der Waals surface area (Å²) in [6.07, 6.45) is 0.494. The number of hydrogen-bond acceptors (Lipinski definition) is 2. The molecule has 0 aliphatic carbocycles. The molecule has 14 heavy (non-hydrogen) atoms. The molecule has 78 valence electrons. The Morgan fingerprint density at radius 2 is 2.14 bits per heavy atom. The summed E-state index contributed by atoms with van der Waals surface area (Å²) in [5.41, 5.74) is 2.21. The highest BCUT2D eigenvalue weighted by Crippen LogP contribution is 2.25. The molecule has 1 aromatic carbocycles. The Morgan fingerprint density at radius 3 is 2.71 bits per heavy atom. The van der Waals surface area contributed by atoms with Crippen LogP contribution in [0.1, 0.15) is 16.7 Å². The van der Waals surface area contributed by atoms with E-state index >= 15 is 0 Å². The predicted molar refractivity (Wildman–Crippen MR) is 57.4 cm³/mol. The van der Waals surface area contributed by atoms with Crippen LogP contribution in [0.25, 0.3) is 0 Å². The van der Waals surface area contributed by atoms with E-state index in [-0.39, 0.29) is 5.82 Å². The summed E-state index contributed by atoms with van der Waals surface area (Å²) in [4.78, 5) is 4.45. The van der Waals surface area contributed by atoms with E-state index in [2.05, 4.69) is 20.8 Å². The van der Waals surface area contributed by atoms with Crippen LogP contribution in [0.15, 0.2) is 10.5 Å². The standard InChI is InChI=1S/C10H13BrFNO/c1-6-5-9(11)7(2)8(10(6)12)3-4-14-13/h5H,3-4,13H2,1-2H3. The van der Waals surface area contributed by atoms with Gasteiger partial charge in [-0.05, 0) is 36.6 Å². The quantitative estimate of drug-likeness (QED) is 0.850. The van der Waals surface area contributed by atoms with E-state index in [4.69, 9.17) is 5.90 Å². The molecule has 0 aliphatic heterocycles. The van der Waals surface area contributed by atoms with Crippen molar-refractivity contribution in [3.63, 3.8) is 0 Å². The lowest BCUT2D eigenvalue weighted by Gasteiger charge is -2.10. The lowest BCUT2D eigenvalue weighted by atomic mass is 10.0. The van der Waals surface area contributed by atoms with Gasteiger partial charge in [0, 0.05) is 10.9 Å². The first-order valence-electron chi connectivity index (χ1n) is 4.33. The maximum atomic E-state index is 13.6. The third-order valence-corrected chi connectivity index (χ3v) is 3.06. The summed E-state index contributed by atoms with van der Waals surface area (Å²) in [6, 6.07) is 1.78. The maximum Gasteiger partial charge on any atom is 0.129 e. The number of rotatable bonds is 3. The molecule has 0 unspecified atom stereocenters. The Hall–Kier alpha value is -0.450. The first kappa shape index (κ1) is 11.6. The van der Waals surface area contributed by atoms with Crippen LogP contribution in [0.4, 0.5) is 4.39 Å². The fourth-order valence-electron chi connectivity index (χ4n) is 1.37. The molecule has 0 saturated heterocycles. The van der Waals surface area contributed by atoms with Gasteiger partial charge in [-0.3, -0.25) is 0 Å². The molecule has 0 heterocycles. The zero-order valence-corrected chi connectivity index (χ0v) is 9.82. The molecule has 0 saturated carbocycles. The van der Waals surface area contributed by atoms with Crippen LogP contribution in [0.3, 0.4) is 0 Å². The van der Waals surface area contributed by atoms with Gasteiger partial charge in [-0.1, -0.05) is 15.9 Å². The number of nitrogens with two attached hydrogens (primary N) is 1. The average molecular weight is 262 g/mol. The molecule has 1 aromatic rings. The van der Waals surface area contributed by atoms with Crippen molar-refractivity contribution < 1.29 is 9.23 Å². The second-order valence-corrected chi connectivity index (χ2v) is 4.07. The number of hydrogen-bond donors (Lipinski definition) is 1. The van der Waals surface area contributed by atoms with Gasteiger partial charge in [0.05, 0.1) is 6.61 Å². The Morgan fingerprint density at radius 1 is 1.50 bits per heavy atom. The van der Waals surface area contributed by atoms with Crippen molar-refractivity contribution in [1.82, 2.24) is 0 Å². The lowest BCUT2D eigenvalue weighted by Crippen LogP contribution is -2.07. The van der Waals surface area contributed by atoms with Gasteiger partial charge in [0.2, 0.25) is 0 Å². The van der Waals surface area contributed by atoms with Crippen molar-refractivity contribution in [1.29, 1.82) is 0 Å². The van der Waals surface area contributed by atoms with Crippen LogP contribution >= 0.6 is 15.9 Å². The van der Waals surface area contributed by atoms with Crippen LogP contribution < -0.4 is 5.90 Å².